The Labute approximate surface area is 205 Å². The summed E-state index contributed by atoms with van der Waals surface area (Å²) in [4.78, 5) is 21.8. The Morgan fingerprint density at radius 2 is 1.03 bits per heavy atom. The van der Waals surface area contributed by atoms with Gasteiger partial charge in [0.1, 0.15) is 5.75 Å². The zero-order valence-electron chi connectivity index (χ0n) is 19.6. The number of pyridine rings is 4. The second-order valence-corrected chi connectivity index (χ2v) is 8.43. The molecule has 8 heteroatoms. The van der Waals surface area contributed by atoms with Crippen LogP contribution in [0.3, 0.4) is 0 Å². The molecule has 0 saturated carbocycles. The Balaban J connectivity index is 1.47. The number of rotatable bonds is 12. The molecule has 0 aromatic carbocycles. The molecule has 1 unspecified atom stereocenters. The van der Waals surface area contributed by atoms with Crippen LogP contribution in [0.4, 0.5) is 0 Å². The van der Waals surface area contributed by atoms with Crippen molar-refractivity contribution in [2.24, 2.45) is 0 Å². The summed E-state index contributed by atoms with van der Waals surface area (Å²) >= 11 is 0. The number of hydrogen-bond donors (Lipinski definition) is 2. The molecule has 0 amide bonds. The monoisotopic (exact) mass is 470 g/mol. The molecule has 0 aliphatic rings. The van der Waals surface area contributed by atoms with Crippen LogP contribution in [-0.4, -0.2) is 59.1 Å². The van der Waals surface area contributed by atoms with Crippen molar-refractivity contribution < 1.29 is 10.2 Å². The summed E-state index contributed by atoms with van der Waals surface area (Å²) in [6.07, 6.45) is 6.31. The van der Waals surface area contributed by atoms with E-state index in [0.717, 1.165) is 17.1 Å². The molecule has 0 saturated heterocycles. The van der Waals surface area contributed by atoms with E-state index < -0.39 is 6.10 Å². The van der Waals surface area contributed by atoms with Crippen molar-refractivity contribution in [3.05, 3.63) is 114 Å². The van der Waals surface area contributed by atoms with E-state index in [-0.39, 0.29) is 5.75 Å². The first kappa shape index (κ1) is 24.4. The van der Waals surface area contributed by atoms with Gasteiger partial charge in [-0.25, -0.2) is 0 Å². The van der Waals surface area contributed by atoms with E-state index in [4.69, 9.17) is 0 Å². The van der Waals surface area contributed by atoms with Crippen molar-refractivity contribution in [2.75, 3.05) is 13.1 Å². The first-order chi connectivity index (χ1) is 17.2. The summed E-state index contributed by atoms with van der Waals surface area (Å²) in [5, 5.41) is 21.4. The molecule has 4 aromatic rings. The predicted octanol–water partition coefficient (Wildman–Crippen LogP) is 3.04. The fraction of sp³-hybridized carbons (Fsp3) is 0.259. The van der Waals surface area contributed by atoms with Crippen molar-refractivity contribution in [1.29, 1.82) is 0 Å². The second-order valence-electron chi connectivity index (χ2n) is 8.43. The van der Waals surface area contributed by atoms with Gasteiger partial charge in [0.25, 0.3) is 0 Å². The molecular formula is C27H30N6O2. The first-order valence-corrected chi connectivity index (χ1v) is 11.6. The van der Waals surface area contributed by atoms with Gasteiger partial charge in [-0.1, -0.05) is 18.2 Å². The van der Waals surface area contributed by atoms with Gasteiger partial charge in [0, 0.05) is 64.1 Å². The number of aliphatic hydroxyl groups is 1. The molecule has 35 heavy (non-hydrogen) atoms. The lowest BCUT2D eigenvalue weighted by atomic mass is 10.2. The number of aliphatic hydroxyl groups excluding tert-OH is 1. The van der Waals surface area contributed by atoms with Gasteiger partial charge >= 0.3 is 0 Å². The third kappa shape index (κ3) is 7.92. The largest absolute Gasteiger partial charge is 0.506 e. The minimum atomic E-state index is -0.656. The van der Waals surface area contributed by atoms with Crippen LogP contribution in [0.5, 0.6) is 5.75 Å². The van der Waals surface area contributed by atoms with Crippen LogP contribution >= 0.6 is 0 Å². The topological polar surface area (TPSA) is 98.5 Å². The van der Waals surface area contributed by atoms with Crippen molar-refractivity contribution in [2.45, 2.75) is 32.3 Å². The van der Waals surface area contributed by atoms with Gasteiger partial charge in [0.2, 0.25) is 0 Å². The van der Waals surface area contributed by atoms with Crippen molar-refractivity contribution >= 4 is 0 Å². The van der Waals surface area contributed by atoms with E-state index in [1.807, 2.05) is 54.6 Å². The first-order valence-electron chi connectivity index (χ1n) is 11.6. The van der Waals surface area contributed by atoms with Crippen LogP contribution in [-0.2, 0) is 26.2 Å². The summed E-state index contributed by atoms with van der Waals surface area (Å²) in [5.41, 5.74) is 3.31. The van der Waals surface area contributed by atoms with Gasteiger partial charge in [0.15, 0.2) is 0 Å². The average Bonchev–Trinajstić information content (AvgIpc) is 2.87. The zero-order valence-corrected chi connectivity index (χ0v) is 19.6. The maximum absolute atomic E-state index is 11.1. The Morgan fingerprint density at radius 3 is 1.46 bits per heavy atom. The lowest BCUT2D eigenvalue weighted by Crippen LogP contribution is -2.40. The maximum atomic E-state index is 11.1. The normalized spacial score (nSPS) is 12.2. The van der Waals surface area contributed by atoms with Gasteiger partial charge < -0.3 is 10.2 Å². The average molecular weight is 471 g/mol. The standard InChI is InChI=1S/C27H30N6O2/c34-25(19-32(16-22-8-1-4-12-28-22)17-23-9-2-5-13-29-23)20-33(18-24-10-3-6-14-30-24)21-26-27(35)11-7-15-31-26/h1-15,25,34-35H,16-21H2. The Morgan fingerprint density at radius 1 is 0.571 bits per heavy atom. The highest BCUT2D eigenvalue weighted by atomic mass is 16.3. The third-order valence-electron chi connectivity index (χ3n) is 5.51. The SMILES string of the molecule is Oc1cccnc1CN(Cc1ccccn1)CC(O)CN(Cc1ccccn1)Cc1ccccn1. The molecule has 1 atom stereocenters. The molecule has 2 N–H and O–H groups in total. The van der Waals surface area contributed by atoms with E-state index in [9.17, 15) is 10.2 Å². The molecular weight excluding hydrogens is 440 g/mol. The molecule has 4 heterocycles. The minimum Gasteiger partial charge on any atom is -0.506 e. The molecule has 0 bridgehead atoms. The van der Waals surface area contributed by atoms with E-state index in [2.05, 4.69) is 29.7 Å². The van der Waals surface area contributed by atoms with E-state index >= 15 is 0 Å². The number of aromatic hydroxyl groups is 1. The highest BCUT2D eigenvalue weighted by molar-refractivity contribution is 5.24. The van der Waals surface area contributed by atoms with Gasteiger partial charge in [-0.15, -0.1) is 0 Å². The molecule has 0 radical (unpaired) electrons. The summed E-state index contributed by atoms with van der Waals surface area (Å²) in [6.45, 7) is 2.91. The van der Waals surface area contributed by atoms with Crippen molar-refractivity contribution in [1.82, 2.24) is 29.7 Å². The van der Waals surface area contributed by atoms with Crippen LogP contribution in [0.1, 0.15) is 22.8 Å². The Bertz CT molecular complexity index is 1110. The van der Waals surface area contributed by atoms with Crippen molar-refractivity contribution in [3.8, 4) is 5.75 Å². The summed E-state index contributed by atoms with van der Waals surface area (Å²) in [5.74, 6) is 0.139. The second kappa shape index (κ2) is 12.7. The number of nitrogens with zero attached hydrogens (tertiary/aromatic N) is 6. The van der Waals surface area contributed by atoms with Gasteiger partial charge in [0.05, 0.1) is 28.9 Å². The lowest BCUT2D eigenvalue weighted by molar-refractivity contribution is 0.0612. The maximum Gasteiger partial charge on any atom is 0.138 e. The van der Waals surface area contributed by atoms with Crippen molar-refractivity contribution in [3.63, 3.8) is 0 Å². The van der Waals surface area contributed by atoms with Gasteiger partial charge in [-0.3, -0.25) is 29.7 Å². The van der Waals surface area contributed by atoms with Crippen LogP contribution < -0.4 is 0 Å². The molecule has 180 valence electrons. The van der Waals surface area contributed by atoms with E-state index in [0.29, 0.717) is 45.0 Å². The van der Waals surface area contributed by atoms with Crippen LogP contribution in [0.2, 0.25) is 0 Å². The molecule has 0 aliphatic carbocycles. The minimum absolute atomic E-state index is 0.139. The molecule has 8 nitrogen and oxygen atoms in total. The van der Waals surface area contributed by atoms with Gasteiger partial charge in [-0.2, -0.15) is 0 Å². The zero-order chi connectivity index (χ0) is 24.3. The Hall–Kier alpha value is -3.72. The van der Waals surface area contributed by atoms with Crippen LogP contribution in [0.15, 0.2) is 91.5 Å². The molecule has 0 spiro atoms. The summed E-state index contributed by atoms with van der Waals surface area (Å²) in [6, 6.07) is 20.8. The molecule has 4 aromatic heterocycles. The molecule has 4 rings (SSSR count). The predicted molar refractivity (Wildman–Crippen MR) is 133 cm³/mol. The third-order valence-corrected chi connectivity index (χ3v) is 5.51. The quantitative estimate of drug-likeness (QED) is 0.326. The number of aromatic nitrogens is 4. The number of hydrogen-bond acceptors (Lipinski definition) is 8. The fourth-order valence-electron chi connectivity index (χ4n) is 3.95. The highest BCUT2D eigenvalue weighted by Crippen LogP contribution is 2.17. The molecule has 0 aliphatic heterocycles. The van der Waals surface area contributed by atoms with E-state index in [1.165, 1.54) is 0 Å². The highest BCUT2D eigenvalue weighted by Gasteiger charge is 2.19. The van der Waals surface area contributed by atoms with Crippen LogP contribution in [0.25, 0.3) is 0 Å². The molecule has 0 fully saturated rings. The fourth-order valence-corrected chi connectivity index (χ4v) is 3.95. The van der Waals surface area contributed by atoms with E-state index in [1.54, 1.807) is 36.9 Å². The smallest absolute Gasteiger partial charge is 0.138 e. The lowest BCUT2D eigenvalue weighted by Gasteiger charge is -2.29. The Kier molecular flexibility index (Phi) is 8.83. The summed E-state index contributed by atoms with van der Waals surface area (Å²) in [7, 11) is 0. The van der Waals surface area contributed by atoms with Crippen LogP contribution in [0, 0.1) is 0 Å². The van der Waals surface area contributed by atoms with Gasteiger partial charge in [-0.05, 0) is 48.5 Å². The summed E-state index contributed by atoms with van der Waals surface area (Å²) < 4.78 is 0.